The van der Waals surface area contributed by atoms with Crippen LogP contribution in [0.4, 0.5) is 5.69 Å². The van der Waals surface area contributed by atoms with Crippen molar-refractivity contribution in [3.63, 3.8) is 0 Å². The molecule has 0 saturated heterocycles. The first-order valence-electron chi connectivity index (χ1n) is 9.98. The molecule has 1 N–H and O–H groups in total. The lowest BCUT2D eigenvalue weighted by atomic mass is 9.52. The van der Waals surface area contributed by atoms with Crippen LogP contribution in [0.2, 0.25) is 0 Å². The second-order valence-corrected chi connectivity index (χ2v) is 8.59. The molecule has 144 valence electrons. The number of amides is 1. The number of rotatable bonds is 4. The van der Waals surface area contributed by atoms with E-state index in [1.807, 2.05) is 0 Å². The summed E-state index contributed by atoms with van der Waals surface area (Å²) in [6.07, 6.45) is 5.16. The molecule has 4 bridgehead atoms. The monoisotopic (exact) mass is 371 g/mol. The Kier molecular flexibility index (Phi) is 4.02. The predicted octanol–water partition coefficient (Wildman–Crippen LogP) is 3.36. The number of carbonyl (C=O) groups is 2. The molecule has 6 heteroatoms. The van der Waals surface area contributed by atoms with Crippen LogP contribution in [0.25, 0.3) is 0 Å². The highest BCUT2D eigenvalue weighted by Crippen LogP contribution is 2.56. The molecule has 0 radical (unpaired) electrons. The Balaban J connectivity index is 1.20. The van der Waals surface area contributed by atoms with E-state index in [9.17, 15) is 9.59 Å². The van der Waals surface area contributed by atoms with Crippen LogP contribution in [0.3, 0.4) is 0 Å². The lowest BCUT2D eigenvalue weighted by molar-refractivity contribution is -0.169. The number of hydrogen-bond donors (Lipinski definition) is 1. The first-order chi connectivity index (χ1) is 13.1. The first-order valence-corrected chi connectivity index (χ1v) is 9.98. The standard InChI is InChI=1S/C21H25NO5/c1-11(20(23)22-16-2-3-17-18(9-16)26-10-25-17)27-21(24)19-14-5-12-4-13(7-14)8-15(19)6-12/h2-3,9,11-15,19H,4-8,10H2,1H3,(H,22,23)/t11-,12?,13?,14?,15?,19?/m0/s1. The van der Waals surface area contributed by atoms with Gasteiger partial charge in [-0.2, -0.15) is 0 Å². The van der Waals surface area contributed by atoms with Gasteiger partial charge in [-0.25, -0.2) is 0 Å². The third-order valence-electron chi connectivity index (χ3n) is 6.80. The largest absolute Gasteiger partial charge is 0.454 e. The van der Waals surface area contributed by atoms with Gasteiger partial charge >= 0.3 is 5.97 Å². The van der Waals surface area contributed by atoms with Gasteiger partial charge in [0.25, 0.3) is 5.91 Å². The van der Waals surface area contributed by atoms with Crippen LogP contribution >= 0.6 is 0 Å². The van der Waals surface area contributed by atoms with E-state index in [4.69, 9.17) is 14.2 Å². The lowest BCUT2D eigenvalue weighted by Gasteiger charge is -2.53. The van der Waals surface area contributed by atoms with Crippen LogP contribution in [0.15, 0.2) is 18.2 Å². The second kappa shape index (κ2) is 6.43. The van der Waals surface area contributed by atoms with Crippen molar-refractivity contribution in [1.82, 2.24) is 0 Å². The maximum atomic E-state index is 12.8. The van der Waals surface area contributed by atoms with Crippen LogP contribution in [0.5, 0.6) is 11.5 Å². The van der Waals surface area contributed by atoms with Crippen molar-refractivity contribution in [1.29, 1.82) is 0 Å². The number of anilines is 1. The van der Waals surface area contributed by atoms with Crippen LogP contribution in [-0.2, 0) is 14.3 Å². The number of carbonyl (C=O) groups excluding carboxylic acids is 2. The van der Waals surface area contributed by atoms with Gasteiger partial charge in [-0.3, -0.25) is 9.59 Å². The van der Waals surface area contributed by atoms with Gasteiger partial charge in [-0.1, -0.05) is 0 Å². The topological polar surface area (TPSA) is 73.9 Å². The van der Waals surface area contributed by atoms with Gasteiger partial charge in [0.15, 0.2) is 17.6 Å². The van der Waals surface area contributed by atoms with Crippen LogP contribution < -0.4 is 14.8 Å². The summed E-state index contributed by atoms with van der Waals surface area (Å²) < 4.78 is 16.2. The van der Waals surface area contributed by atoms with Crippen LogP contribution in [-0.4, -0.2) is 24.8 Å². The summed E-state index contributed by atoms with van der Waals surface area (Å²) in [6, 6.07) is 5.22. The maximum Gasteiger partial charge on any atom is 0.310 e. The molecule has 0 unspecified atom stereocenters. The molecule has 6 rings (SSSR count). The Bertz CT molecular complexity index is 748. The zero-order valence-corrected chi connectivity index (χ0v) is 15.5. The Labute approximate surface area is 158 Å². The van der Waals surface area contributed by atoms with Crippen molar-refractivity contribution in [2.75, 3.05) is 12.1 Å². The number of esters is 1. The SMILES string of the molecule is C[C@H](OC(=O)C1C2CC3CC(C2)CC1C3)C(=O)Nc1ccc2c(c1)OCO2. The van der Waals surface area contributed by atoms with Crippen LogP contribution in [0.1, 0.15) is 39.0 Å². The Morgan fingerprint density at radius 2 is 1.70 bits per heavy atom. The highest BCUT2D eigenvalue weighted by molar-refractivity contribution is 5.95. The van der Waals surface area contributed by atoms with Gasteiger partial charge in [0.05, 0.1) is 5.92 Å². The minimum Gasteiger partial charge on any atom is -0.454 e. The highest BCUT2D eigenvalue weighted by atomic mass is 16.7. The summed E-state index contributed by atoms with van der Waals surface area (Å²) in [4.78, 5) is 25.3. The van der Waals surface area contributed by atoms with E-state index in [0.717, 1.165) is 37.5 Å². The molecule has 4 fully saturated rings. The molecule has 0 aromatic heterocycles. The summed E-state index contributed by atoms with van der Waals surface area (Å²) in [6.45, 7) is 1.82. The van der Waals surface area contributed by atoms with Crippen molar-refractivity contribution in [2.45, 2.75) is 45.1 Å². The minimum atomic E-state index is -0.819. The zero-order chi connectivity index (χ0) is 18.5. The average molecular weight is 371 g/mol. The molecular formula is C21H25NO5. The summed E-state index contributed by atoms with van der Waals surface area (Å²) >= 11 is 0. The molecular weight excluding hydrogens is 346 g/mol. The minimum absolute atomic E-state index is 0.0152. The second-order valence-electron chi connectivity index (χ2n) is 8.59. The number of hydrogen-bond acceptors (Lipinski definition) is 5. The van der Waals surface area contributed by atoms with Crippen molar-refractivity contribution in [3.05, 3.63) is 18.2 Å². The third-order valence-corrected chi connectivity index (χ3v) is 6.80. The van der Waals surface area contributed by atoms with Crippen LogP contribution in [0, 0.1) is 29.6 Å². The molecule has 1 aromatic carbocycles. The molecule has 6 nitrogen and oxygen atoms in total. The lowest BCUT2D eigenvalue weighted by Crippen LogP contribution is -2.49. The fourth-order valence-corrected chi connectivity index (χ4v) is 5.83. The van der Waals surface area contributed by atoms with Crippen molar-refractivity contribution in [2.24, 2.45) is 29.6 Å². The van der Waals surface area contributed by atoms with Gasteiger partial charge < -0.3 is 19.5 Å². The Morgan fingerprint density at radius 3 is 2.41 bits per heavy atom. The Morgan fingerprint density at radius 1 is 1.04 bits per heavy atom. The summed E-state index contributed by atoms with van der Waals surface area (Å²) in [5.74, 6) is 3.27. The normalized spacial score (nSPS) is 33.6. The fraction of sp³-hybridized carbons (Fsp3) is 0.619. The maximum absolute atomic E-state index is 12.8. The molecule has 5 aliphatic rings. The van der Waals surface area contributed by atoms with E-state index >= 15 is 0 Å². The number of nitrogens with one attached hydrogen (secondary N) is 1. The molecule has 0 spiro atoms. The van der Waals surface area contributed by atoms with Gasteiger partial charge in [-0.05, 0) is 74.8 Å². The average Bonchev–Trinajstić information content (AvgIpc) is 3.08. The molecule has 4 aliphatic carbocycles. The molecule has 1 aromatic rings. The summed E-state index contributed by atoms with van der Waals surface area (Å²) in [5, 5.41) is 2.79. The molecule has 27 heavy (non-hydrogen) atoms. The molecule has 1 heterocycles. The van der Waals surface area contributed by atoms with E-state index in [0.29, 0.717) is 29.0 Å². The van der Waals surface area contributed by atoms with E-state index in [1.165, 1.54) is 6.42 Å². The quantitative estimate of drug-likeness (QED) is 0.822. The number of ether oxygens (including phenoxy) is 3. The molecule has 1 amide bonds. The van der Waals surface area contributed by atoms with Crippen molar-refractivity contribution < 1.29 is 23.8 Å². The molecule has 1 aliphatic heterocycles. The highest BCUT2D eigenvalue weighted by Gasteiger charge is 2.51. The van der Waals surface area contributed by atoms with E-state index < -0.39 is 6.10 Å². The van der Waals surface area contributed by atoms with Crippen molar-refractivity contribution >= 4 is 17.6 Å². The third kappa shape index (κ3) is 3.05. The van der Waals surface area contributed by atoms with Gasteiger partial charge in [0.1, 0.15) is 0 Å². The first kappa shape index (κ1) is 16.9. The van der Waals surface area contributed by atoms with E-state index in [-0.39, 0.29) is 24.6 Å². The number of benzene rings is 1. The van der Waals surface area contributed by atoms with Gasteiger partial charge in [0.2, 0.25) is 6.79 Å². The van der Waals surface area contributed by atoms with E-state index in [1.54, 1.807) is 25.1 Å². The predicted molar refractivity (Wildman–Crippen MR) is 97.3 cm³/mol. The van der Waals surface area contributed by atoms with E-state index in [2.05, 4.69) is 5.32 Å². The smallest absolute Gasteiger partial charge is 0.310 e. The van der Waals surface area contributed by atoms with Gasteiger partial charge in [0, 0.05) is 11.8 Å². The summed E-state index contributed by atoms with van der Waals surface area (Å²) in [5.41, 5.74) is 0.599. The Hall–Kier alpha value is -2.24. The molecule has 1 atom stereocenters. The van der Waals surface area contributed by atoms with Crippen molar-refractivity contribution in [3.8, 4) is 11.5 Å². The summed E-state index contributed by atoms with van der Waals surface area (Å²) in [7, 11) is 0. The zero-order valence-electron chi connectivity index (χ0n) is 15.5. The van der Waals surface area contributed by atoms with Gasteiger partial charge in [-0.15, -0.1) is 0 Å². The number of fused-ring (bicyclic) bond motifs is 1. The fourth-order valence-electron chi connectivity index (χ4n) is 5.83. The molecule has 4 saturated carbocycles.